The summed E-state index contributed by atoms with van der Waals surface area (Å²) in [5.41, 5.74) is 1.87. The molecule has 16 heavy (non-hydrogen) atoms. The van der Waals surface area contributed by atoms with Gasteiger partial charge in [0.05, 0.1) is 19.8 Å². The molecule has 0 fully saturated rings. The Morgan fingerprint density at radius 1 is 1.56 bits per heavy atom. The molecule has 1 unspecified atom stereocenters. The van der Waals surface area contributed by atoms with Crippen LogP contribution < -0.4 is 10.1 Å². The molecule has 0 aromatic heterocycles. The van der Waals surface area contributed by atoms with Crippen LogP contribution in [-0.4, -0.2) is 25.3 Å². The number of nitrogens with one attached hydrogen (secondary N) is 1. The van der Waals surface area contributed by atoms with Gasteiger partial charge in [0.2, 0.25) is 0 Å². The van der Waals surface area contributed by atoms with Crippen molar-refractivity contribution >= 4 is 0 Å². The molecule has 0 aliphatic heterocycles. The lowest BCUT2D eigenvalue weighted by Crippen LogP contribution is -2.22. The molecule has 0 radical (unpaired) electrons. The average molecular weight is 219 g/mol. The molecule has 1 aromatic carbocycles. The van der Waals surface area contributed by atoms with Crippen molar-refractivity contribution in [3.63, 3.8) is 0 Å². The average Bonchev–Trinajstić information content (AvgIpc) is 2.29. The minimum absolute atomic E-state index is 0.421. The lowest BCUT2D eigenvalue weighted by molar-refractivity contribution is 0.172. The maximum absolute atomic E-state index is 9.97. The number of ether oxygens (including phenoxy) is 1. The highest BCUT2D eigenvalue weighted by atomic mass is 16.5. The van der Waals surface area contributed by atoms with Crippen molar-refractivity contribution in [1.29, 1.82) is 0 Å². The smallest absolute Gasteiger partial charge is 0.124 e. The van der Waals surface area contributed by atoms with E-state index in [-0.39, 0.29) is 0 Å². The van der Waals surface area contributed by atoms with Crippen molar-refractivity contribution in [3.8, 4) is 18.1 Å². The summed E-state index contributed by atoms with van der Waals surface area (Å²) in [5.74, 6) is 3.16. The van der Waals surface area contributed by atoms with Gasteiger partial charge in [-0.2, -0.15) is 0 Å². The van der Waals surface area contributed by atoms with E-state index >= 15 is 0 Å². The van der Waals surface area contributed by atoms with Crippen LogP contribution in [0.1, 0.15) is 17.2 Å². The number of hydrogen-bond acceptors (Lipinski definition) is 3. The largest absolute Gasteiger partial charge is 0.496 e. The molecule has 0 saturated carbocycles. The Balaban J connectivity index is 2.77. The van der Waals surface area contributed by atoms with Crippen molar-refractivity contribution in [2.24, 2.45) is 0 Å². The Hall–Kier alpha value is -1.50. The lowest BCUT2D eigenvalue weighted by Gasteiger charge is -2.15. The van der Waals surface area contributed by atoms with E-state index in [1.807, 2.05) is 25.1 Å². The Kier molecular flexibility index (Phi) is 4.84. The molecule has 0 heterocycles. The Morgan fingerprint density at radius 2 is 2.31 bits per heavy atom. The highest BCUT2D eigenvalue weighted by Gasteiger charge is 2.12. The molecule has 0 spiro atoms. The molecule has 1 aromatic rings. The molecule has 3 heteroatoms. The molecule has 0 aliphatic carbocycles. The Morgan fingerprint density at radius 3 is 2.94 bits per heavy atom. The van der Waals surface area contributed by atoms with Gasteiger partial charge < -0.3 is 15.2 Å². The summed E-state index contributed by atoms with van der Waals surface area (Å²) in [5, 5.41) is 12.9. The third-order valence-corrected chi connectivity index (χ3v) is 2.31. The van der Waals surface area contributed by atoms with Crippen LogP contribution in [-0.2, 0) is 0 Å². The van der Waals surface area contributed by atoms with Crippen LogP contribution in [0.4, 0.5) is 0 Å². The number of aryl methyl sites for hydroxylation is 1. The van der Waals surface area contributed by atoms with Gasteiger partial charge in [0.1, 0.15) is 5.75 Å². The van der Waals surface area contributed by atoms with Crippen LogP contribution in [0, 0.1) is 19.3 Å². The first-order chi connectivity index (χ1) is 7.69. The van der Waals surface area contributed by atoms with Crippen LogP contribution in [0.3, 0.4) is 0 Å². The van der Waals surface area contributed by atoms with Crippen LogP contribution in [0.25, 0.3) is 0 Å². The molecule has 0 bridgehead atoms. The SMILES string of the molecule is C#CCNCC(O)c1cc(C)ccc1OC. The highest BCUT2D eigenvalue weighted by Crippen LogP contribution is 2.25. The van der Waals surface area contributed by atoms with E-state index in [1.165, 1.54) is 0 Å². The predicted octanol–water partition coefficient (Wildman–Crippen LogP) is 1.26. The zero-order chi connectivity index (χ0) is 12.0. The van der Waals surface area contributed by atoms with Crippen molar-refractivity contribution in [2.45, 2.75) is 13.0 Å². The van der Waals surface area contributed by atoms with Gasteiger partial charge in [-0.1, -0.05) is 17.6 Å². The van der Waals surface area contributed by atoms with Crippen LogP contribution in [0.5, 0.6) is 5.75 Å². The second-order valence-corrected chi connectivity index (χ2v) is 3.60. The number of terminal acetylenes is 1. The molecule has 0 aliphatic rings. The number of benzene rings is 1. The Labute approximate surface area is 96.4 Å². The van der Waals surface area contributed by atoms with Crippen molar-refractivity contribution in [3.05, 3.63) is 29.3 Å². The van der Waals surface area contributed by atoms with Crippen molar-refractivity contribution in [2.75, 3.05) is 20.2 Å². The fraction of sp³-hybridized carbons (Fsp3) is 0.385. The van der Waals surface area contributed by atoms with Gasteiger partial charge >= 0.3 is 0 Å². The van der Waals surface area contributed by atoms with E-state index < -0.39 is 6.10 Å². The summed E-state index contributed by atoms with van der Waals surface area (Å²) in [6, 6.07) is 5.72. The fourth-order valence-corrected chi connectivity index (χ4v) is 1.51. The molecule has 2 N–H and O–H groups in total. The second-order valence-electron chi connectivity index (χ2n) is 3.60. The zero-order valence-electron chi connectivity index (χ0n) is 9.66. The monoisotopic (exact) mass is 219 g/mol. The highest BCUT2D eigenvalue weighted by molar-refractivity contribution is 5.38. The summed E-state index contributed by atoms with van der Waals surface area (Å²) in [6.45, 7) is 2.85. The summed E-state index contributed by atoms with van der Waals surface area (Å²) in [4.78, 5) is 0. The van der Waals surface area contributed by atoms with Crippen LogP contribution in [0.15, 0.2) is 18.2 Å². The standard InChI is InChI=1S/C13H17NO2/c1-4-7-14-9-12(15)11-8-10(2)5-6-13(11)16-3/h1,5-6,8,12,14-15H,7,9H2,2-3H3. The maximum atomic E-state index is 9.97. The van der Waals surface area contributed by atoms with E-state index in [2.05, 4.69) is 11.2 Å². The van der Waals surface area contributed by atoms with E-state index in [1.54, 1.807) is 7.11 Å². The summed E-state index contributed by atoms with van der Waals surface area (Å²) in [6.07, 6.45) is 4.51. The first-order valence-corrected chi connectivity index (χ1v) is 5.15. The van der Waals surface area contributed by atoms with Crippen LogP contribution >= 0.6 is 0 Å². The third-order valence-electron chi connectivity index (χ3n) is 2.31. The molecule has 0 saturated heterocycles. The van der Waals surface area contributed by atoms with E-state index in [0.717, 1.165) is 11.1 Å². The number of aliphatic hydroxyl groups is 1. The van der Waals surface area contributed by atoms with E-state index in [4.69, 9.17) is 11.2 Å². The van der Waals surface area contributed by atoms with Gasteiger partial charge in [-0.05, 0) is 19.1 Å². The summed E-state index contributed by atoms with van der Waals surface area (Å²) >= 11 is 0. The lowest BCUT2D eigenvalue weighted by atomic mass is 10.1. The minimum Gasteiger partial charge on any atom is -0.496 e. The van der Waals surface area contributed by atoms with Gasteiger partial charge in [-0.3, -0.25) is 0 Å². The van der Waals surface area contributed by atoms with E-state index in [9.17, 15) is 5.11 Å². The summed E-state index contributed by atoms with van der Waals surface area (Å²) in [7, 11) is 1.59. The maximum Gasteiger partial charge on any atom is 0.124 e. The number of aliphatic hydroxyl groups excluding tert-OH is 1. The molecule has 1 atom stereocenters. The van der Waals surface area contributed by atoms with Gasteiger partial charge in [0.25, 0.3) is 0 Å². The Bertz CT molecular complexity index is 382. The summed E-state index contributed by atoms with van der Waals surface area (Å²) < 4.78 is 5.20. The number of methoxy groups -OCH3 is 1. The molecular weight excluding hydrogens is 202 g/mol. The second kappa shape index (κ2) is 6.16. The van der Waals surface area contributed by atoms with Crippen LogP contribution in [0.2, 0.25) is 0 Å². The van der Waals surface area contributed by atoms with Gasteiger partial charge in [0, 0.05) is 12.1 Å². The normalized spacial score (nSPS) is 11.9. The first kappa shape index (κ1) is 12.6. The first-order valence-electron chi connectivity index (χ1n) is 5.15. The number of rotatable bonds is 5. The van der Waals surface area contributed by atoms with Gasteiger partial charge in [0.15, 0.2) is 0 Å². The van der Waals surface area contributed by atoms with Gasteiger partial charge in [-0.15, -0.1) is 6.42 Å². The topological polar surface area (TPSA) is 41.5 Å². The van der Waals surface area contributed by atoms with Crippen molar-refractivity contribution < 1.29 is 9.84 Å². The molecule has 3 nitrogen and oxygen atoms in total. The quantitative estimate of drug-likeness (QED) is 0.578. The molecule has 86 valence electrons. The fourth-order valence-electron chi connectivity index (χ4n) is 1.51. The van der Waals surface area contributed by atoms with Gasteiger partial charge in [-0.25, -0.2) is 0 Å². The predicted molar refractivity (Wildman–Crippen MR) is 64.4 cm³/mol. The van der Waals surface area contributed by atoms with E-state index in [0.29, 0.717) is 18.8 Å². The number of hydrogen-bond donors (Lipinski definition) is 2. The zero-order valence-corrected chi connectivity index (χ0v) is 9.66. The third kappa shape index (κ3) is 3.27. The molecular formula is C13H17NO2. The molecule has 0 amide bonds. The van der Waals surface area contributed by atoms with Crippen molar-refractivity contribution in [1.82, 2.24) is 5.32 Å². The molecule has 1 rings (SSSR count). The minimum atomic E-state index is -0.608.